The van der Waals surface area contributed by atoms with Crippen LogP contribution in [0.5, 0.6) is 0 Å². The Balaban J connectivity index is 1.80. The van der Waals surface area contributed by atoms with Gasteiger partial charge in [-0.05, 0) is 44.2 Å². The normalized spacial score (nSPS) is 26.4. The van der Waals surface area contributed by atoms with Crippen molar-refractivity contribution in [1.29, 1.82) is 0 Å². The predicted molar refractivity (Wildman–Crippen MR) is 104 cm³/mol. The number of rotatable bonds is 6. The van der Waals surface area contributed by atoms with E-state index in [1.807, 2.05) is 0 Å². The smallest absolute Gasteiger partial charge is 0.414 e. The number of benzene rings is 1. The van der Waals surface area contributed by atoms with E-state index in [9.17, 15) is 9.18 Å². The van der Waals surface area contributed by atoms with Crippen LogP contribution < -0.4 is 14.5 Å². The zero-order valence-electron chi connectivity index (χ0n) is 14.4. The molecule has 2 heterocycles. The standard InChI is InChI=1S/C17H24FN3O2S2/c1-11-3-4-13(10-25-2)21(11)16-6-5-12(7-15(16)18)20-9-14(8-19-24)23-17(20)22/h5-7,11,13-14,19,24H,3-4,8-10H2,1-2H3. The number of nitrogens with one attached hydrogen (secondary N) is 1. The first-order valence-corrected chi connectivity index (χ1v) is 10.3. The molecule has 2 fully saturated rings. The molecular formula is C17H24FN3O2S2. The molecule has 0 bridgehead atoms. The number of ether oxygens (including phenoxy) is 1. The van der Waals surface area contributed by atoms with Crippen LogP contribution in [0.1, 0.15) is 19.8 Å². The zero-order valence-corrected chi connectivity index (χ0v) is 16.2. The van der Waals surface area contributed by atoms with Gasteiger partial charge in [-0.25, -0.2) is 9.18 Å². The van der Waals surface area contributed by atoms with Gasteiger partial charge in [-0.1, -0.05) is 12.8 Å². The Kier molecular flexibility index (Phi) is 6.01. The van der Waals surface area contributed by atoms with Crippen LogP contribution in [0, 0.1) is 5.82 Å². The molecular weight excluding hydrogens is 361 g/mol. The summed E-state index contributed by atoms with van der Waals surface area (Å²) < 4.78 is 22.8. The summed E-state index contributed by atoms with van der Waals surface area (Å²) in [7, 11) is 0. The van der Waals surface area contributed by atoms with E-state index in [4.69, 9.17) is 4.74 Å². The third-order valence-electron chi connectivity index (χ3n) is 4.86. The van der Waals surface area contributed by atoms with Crippen molar-refractivity contribution in [3.8, 4) is 0 Å². The Morgan fingerprint density at radius 1 is 1.44 bits per heavy atom. The molecule has 3 unspecified atom stereocenters. The van der Waals surface area contributed by atoms with Crippen LogP contribution in [0.4, 0.5) is 20.6 Å². The van der Waals surface area contributed by atoms with Crippen molar-refractivity contribution in [2.45, 2.75) is 38.0 Å². The van der Waals surface area contributed by atoms with Gasteiger partial charge in [0.2, 0.25) is 0 Å². The number of anilines is 2. The van der Waals surface area contributed by atoms with E-state index in [1.54, 1.807) is 23.9 Å². The van der Waals surface area contributed by atoms with E-state index in [0.29, 0.717) is 36.5 Å². The summed E-state index contributed by atoms with van der Waals surface area (Å²) in [5.41, 5.74) is 1.15. The van der Waals surface area contributed by atoms with Crippen LogP contribution >= 0.6 is 24.6 Å². The molecule has 5 nitrogen and oxygen atoms in total. The maximum Gasteiger partial charge on any atom is 0.414 e. The molecule has 0 radical (unpaired) electrons. The van der Waals surface area contributed by atoms with Crippen LogP contribution in [-0.4, -0.2) is 49.4 Å². The minimum absolute atomic E-state index is 0.280. The lowest BCUT2D eigenvalue weighted by Crippen LogP contribution is -2.36. The molecule has 0 aromatic heterocycles. The Bertz CT molecular complexity index is 632. The molecule has 25 heavy (non-hydrogen) atoms. The first-order valence-electron chi connectivity index (χ1n) is 8.47. The highest BCUT2D eigenvalue weighted by atomic mass is 32.2. The fraction of sp³-hybridized carbons (Fsp3) is 0.588. The van der Waals surface area contributed by atoms with Gasteiger partial charge in [-0.3, -0.25) is 9.62 Å². The lowest BCUT2D eigenvalue weighted by molar-refractivity contribution is 0.143. The third kappa shape index (κ3) is 3.85. The number of hydrogen-bond donors (Lipinski definition) is 2. The summed E-state index contributed by atoms with van der Waals surface area (Å²) in [5, 5.41) is 0. The second kappa shape index (κ2) is 8.05. The molecule has 3 rings (SSSR count). The molecule has 8 heteroatoms. The van der Waals surface area contributed by atoms with Crippen molar-refractivity contribution >= 4 is 42.0 Å². The minimum atomic E-state index is -0.449. The molecule has 3 atom stereocenters. The van der Waals surface area contributed by atoms with E-state index in [0.717, 1.165) is 18.6 Å². The Morgan fingerprint density at radius 3 is 2.92 bits per heavy atom. The van der Waals surface area contributed by atoms with Gasteiger partial charge in [0.15, 0.2) is 0 Å². The second-order valence-electron chi connectivity index (χ2n) is 6.56. The van der Waals surface area contributed by atoms with Gasteiger partial charge in [0.25, 0.3) is 0 Å². The summed E-state index contributed by atoms with van der Waals surface area (Å²) >= 11 is 5.72. The molecule has 1 N–H and O–H groups in total. The summed E-state index contributed by atoms with van der Waals surface area (Å²) in [6.45, 7) is 2.98. The van der Waals surface area contributed by atoms with Crippen molar-refractivity contribution in [3.05, 3.63) is 24.0 Å². The molecule has 1 amide bonds. The van der Waals surface area contributed by atoms with Crippen molar-refractivity contribution in [1.82, 2.24) is 4.72 Å². The van der Waals surface area contributed by atoms with E-state index in [-0.39, 0.29) is 11.9 Å². The van der Waals surface area contributed by atoms with Gasteiger partial charge < -0.3 is 9.64 Å². The molecule has 2 aliphatic rings. The van der Waals surface area contributed by atoms with Crippen LogP contribution in [-0.2, 0) is 4.74 Å². The molecule has 1 aromatic carbocycles. The van der Waals surface area contributed by atoms with Crippen molar-refractivity contribution in [2.75, 3.05) is 34.9 Å². The number of carbonyl (C=O) groups is 1. The number of cyclic esters (lactones) is 1. The average Bonchev–Trinajstić information content (AvgIpc) is 3.11. The quantitative estimate of drug-likeness (QED) is 0.736. The number of carbonyl (C=O) groups excluding carboxylic acids is 1. The summed E-state index contributed by atoms with van der Waals surface area (Å²) in [5.74, 6) is 0.698. The number of halogens is 1. The van der Waals surface area contributed by atoms with Crippen LogP contribution in [0.25, 0.3) is 0 Å². The van der Waals surface area contributed by atoms with E-state index in [1.165, 1.54) is 11.0 Å². The highest BCUT2D eigenvalue weighted by molar-refractivity contribution is 7.98. The summed E-state index contributed by atoms with van der Waals surface area (Å²) in [6.07, 6.45) is 3.51. The number of thiol groups is 1. The second-order valence-corrected chi connectivity index (χ2v) is 7.78. The van der Waals surface area contributed by atoms with Crippen molar-refractivity contribution in [2.24, 2.45) is 0 Å². The fourth-order valence-corrected chi connectivity index (χ4v) is 4.59. The molecule has 0 spiro atoms. The molecule has 0 saturated carbocycles. The highest BCUT2D eigenvalue weighted by Crippen LogP contribution is 2.35. The van der Waals surface area contributed by atoms with Crippen molar-refractivity contribution in [3.63, 3.8) is 0 Å². The van der Waals surface area contributed by atoms with Gasteiger partial charge >= 0.3 is 6.09 Å². The lowest BCUT2D eigenvalue weighted by atomic mass is 10.2. The van der Waals surface area contributed by atoms with E-state index in [2.05, 4.69) is 35.6 Å². The predicted octanol–water partition coefficient (Wildman–Crippen LogP) is 3.31. The van der Waals surface area contributed by atoms with Gasteiger partial charge in [0, 0.05) is 24.4 Å². The molecule has 2 saturated heterocycles. The van der Waals surface area contributed by atoms with Crippen LogP contribution in [0.2, 0.25) is 0 Å². The van der Waals surface area contributed by atoms with Gasteiger partial charge in [-0.15, -0.1) is 0 Å². The average molecular weight is 386 g/mol. The molecule has 0 aliphatic carbocycles. The molecule has 2 aliphatic heterocycles. The van der Waals surface area contributed by atoms with Crippen molar-refractivity contribution < 1.29 is 13.9 Å². The number of hydrogen-bond acceptors (Lipinski definition) is 6. The Morgan fingerprint density at radius 2 is 2.24 bits per heavy atom. The molecule has 138 valence electrons. The fourth-order valence-electron chi connectivity index (χ4n) is 3.68. The van der Waals surface area contributed by atoms with Crippen LogP contribution in [0.15, 0.2) is 18.2 Å². The third-order valence-corrected chi connectivity index (χ3v) is 5.76. The maximum atomic E-state index is 14.9. The molecule has 1 aromatic rings. The van der Waals surface area contributed by atoms with Gasteiger partial charge in [-0.2, -0.15) is 11.8 Å². The van der Waals surface area contributed by atoms with E-state index < -0.39 is 6.09 Å². The first-order chi connectivity index (χ1) is 12.0. The van der Waals surface area contributed by atoms with E-state index >= 15 is 0 Å². The zero-order chi connectivity index (χ0) is 18.0. The first kappa shape index (κ1) is 18.7. The Labute approximate surface area is 157 Å². The van der Waals surface area contributed by atoms with Crippen LogP contribution in [0.3, 0.4) is 0 Å². The topological polar surface area (TPSA) is 44.8 Å². The number of nitrogens with zero attached hydrogens (tertiary/aromatic N) is 2. The summed E-state index contributed by atoms with van der Waals surface area (Å²) in [6, 6.07) is 5.70. The summed E-state index contributed by atoms with van der Waals surface area (Å²) in [4.78, 5) is 15.7. The number of thioether (sulfide) groups is 1. The maximum absolute atomic E-state index is 14.9. The van der Waals surface area contributed by atoms with Gasteiger partial charge in [0.1, 0.15) is 11.9 Å². The SMILES string of the molecule is CSCC1CCC(C)N1c1ccc(N2CC(CNS)OC2=O)cc1F. The largest absolute Gasteiger partial charge is 0.443 e. The minimum Gasteiger partial charge on any atom is -0.443 e. The monoisotopic (exact) mass is 385 g/mol. The highest BCUT2D eigenvalue weighted by Gasteiger charge is 2.34. The lowest BCUT2D eigenvalue weighted by Gasteiger charge is -2.31. The number of amides is 1. The Hall–Kier alpha value is -1.12. The van der Waals surface area contributed by atoms with Gasteiger partial charge in [0.05, 0.1) is 17.9 Å².